The average molecular weight is 383 g/mol. The van der Waals surface area contributed by atoms with Crippen LogP contribution in [0, 0.1) is 0 Å². The van der Waals surface area contributed by atoms with Crippen LogP contribution in [0.3, 0.4) is 0 Å². The number of hydrogen-bond donors (Lipinski definition) is 0. The molecule has 28 heavy (non-hydrogen) atoms. The van der Waals surface area contributed by atoms with E-state index in [1.165, 1.54) is 4.68 Å². The fourth-order valence-corrected chi connectivity index (χ4v) is 3.77. The summed E-state index contributed by atoms with van der Waals surface area (Å²) >= 11 is 0. The maximum atomic E-state index is 13.1. The van der Waals surface area contributed by atoms with Crippen LogP contribution >= 0.6 is 0 Å². The quantitative estimate of drug-likeness (QED) is 0.806. The molecule has 1 saturated heterocycles. The summed E-state index contributed by atoms with van der Waals surface area (Å²) < 4.78 is 7.54. The lowest BCUT2D eigenvalue weighted by Gasteiger charge is -2.29. The van der Waals surface area contributed by atoms with Crippen LogP contribution < -0.4 is 4.74 Å². The molecule has 2 aliphatic heterocycles. The maximum absolute atomic E-state index is 13.1. The van der Waals surface area contributed by atoms with Crippen molar-refractivity contribution in [2.75, 3.05) is 19.6 Å². The summed E-state index contributed by atoms with van der Waals surface area (Å²) in [4.78, 5) is 28.9. The van der Waals surface area contributed by atoms with Gasteiger partial charge in [0.25, 0.3) is 5.91 Å². The van der Waals surface area contributed by atoms with Crippen LogP contribution in [-0.4, -0.2) is 61.8 Å². The van der Waals surface area contributed by atoms with Crippen molar-refractivity contribution in [2.24, 2.45) is 0 Å². The Balaban J connectivity index is 1.49. The van der Waals surface area contributed by atoms with Crippen LogP contribution in [0.1, 0.15) is 42.7 Å². The van der Waals surface area contributed by atoms with Gasteiger partial charge in [-0.15, -0.1) is 5.10 Å². The minimum atomic E-state index is -0.524. The van der Waals surface area contributed by atoms with E-state index in [1.54, 1.807) is 11.1 Å². The topological polar surface area (TPSA) is 80.6 Å². The molecule has 0 atom stereocenters. The zero-order chi connectivity index (χ0) is 19.7. The molecule has 3 heterocycles. The van der Waals surface area contributed by atoms with Crippen LogP contribution in [0.25, 0.3) is 0 Å². The van der Waals surface area contributed by atoms with Crippen LogP contribution in [-0.2, 0) is 17.9 Å². The molecule has 1 fully saturated rings. The first-order valence-corrected chi connectivity index (χ1v) is 9.65. The predicted molar refractivity (Wildman–Crippen MR) is 102 cm³/mol. The molecule has 0 aliphatic carbocycles. The van der Waals surface area contributed by atoms with Gasteiger partial charge in [0.2, 0.25) is 5.91 Å². The van der Waals surface area contributed by atoms with Crippen LogP contribution in [0.5, 0.6) is 5.75 Å². The molecule has 0 radical (unpaired) electrons. The average Bonchev–Trinajstić information content (AvgIpc) is 3.31. The number of likely N-dealkylation sites (tertiary alicyclic amines) is 1. The number of carbonyl (C=O) groups is 2. The van der Waals surface area contributed by atoms with Crippen LogP contribution in [0.2, 0.25) is 0 Å². The third-order valence-electron chi connectivity index (χ3n) is 5.09. The van der Waals surface area contributed by atoms with Crippen molar-refractivity contribution in [3.8, 4) is 5.75 Å². The molecule has 2 amide bonds. The first-order valence-electron chi connectivity index (χ1n) is 9.65. The normalized spacial score (nSPS) is 18.4. The highest BCUT2D eigenvalue weighted by Crippen LogP contribution is 2.29. The molecular weight excluding hydrogens is 358 g/mol. The lowest BCUT2D eigenvalue weighted by atomic mass is 10.1. The van der Waals surface area contributed by atoms with E-state index in [2.05, 4.69) is 10.3 Å². The second-order valence-corrected chi connectivity index (χ2v) is 8.02. The van der Waals surface area contributed by atoms with E-state index in [0.717, 1.165) is 37.2 Å². The lowest BCUT2D eigenvalue weighted by Crippen LogP contribution is -2.43. The zero-order valence-electron chi connectivity index (χ0n) is 16.3. The van der Waals surface area contributed by atoms with Gasteiger partial charge in [-0.2, -0.15) is 0 Å². The largest absolute Gasteiger partial charge is 0.486 e. The maximum Gasteiger partial charge on any atom is 0.276 e. The molecule has 1 aromatic carbocycles. The van der Waals surface area contributed by atoms with Gasteiger partial charge in [-0.3, -0.25) is 9.59 Å². The first-order chi connectivity index (χ1) is 13.4. The molecular formula is C20H25N5O3. The van der Waals surface area contributed by atoms with Gasteiger partial charge in [0.15, 0.2) is 5.69 Å². The van der Waals surface area contributed by atoms with E-state index >= 15 is 0 Å². The summed E-state index contributed by atoms with van der Waals surface area (Å²) in [6.45, 7) is 6.49. The molecule has 0 unspecified atom stereocenters. The van der Waals surface area contributed by atoms with Gasteiger partial charge in [-0.1, -0.05) is 23.4 Å². The highest BCUT2D eigenvalue weighted by atomic mass is 16.5. The predicted octanol–water partition coefficient (Wildman–Crippen LogP) is 1.71. The second kappa shape index (κ2) is 7.26. The van der Waals surface area contributed by atoms with Gasteiger partial charge < -0.3 is 14.5 Å². The van der Waals surface area contributed by atoms with E-state index in [4.69, 9.17) is 4.74 Å². The number of carbonyl (C=O) groups excluding carboxylic acids is 2. The first kappa shape index (κ1) is 18.5. The summed E-state index contributed by atoms with van der Waals surface area (Å²) in [5.41, 5.74) is 0.673. The Morgan fingerprint density at radius 2 is 1.89 bits per heavy atom. The molecule has 8 nitrogen and oxygen atoms in total. The summed E-state index contributed by atoms with van der Waals surface area (Å²) in [6, 6.07) is 7.74. The van der Waals surface area contributed by atoms with Gasteiger partial charge in [0.05, 0.1) is 12.7 Å². The Bertz CT molecular complexity index is 885. The Kier molecular flexibility index (Phi) is 4.78. The van der Waals surface area contributed by atoms with Crippen LogP contribution in [0.15, 0.2) is 30.5 Å². The van der Waals surface area contributed by atoms with Gasteiger partial charge in [-0.05, 0) is 32.8 Å². The van der Waals surface area contributed by atoms with Gasteiger partial charge in [-0.25, -0.2) is 4.68 Å². The summed E-state index contributed by atoms with van der Waals surface area (Å²) in [5, 5.41) is 8.00. The standard InChI is InChI=1S/C20H25N5O3/c1-20(2)14-24(11-15-7-3-4-8-17(15)28-20)19(27)16-12-25(22-21-16)13-18(26)23-9-5-6-10-23/h3-4,7-8,12H,5-6,9-11,13-14H2,1-2H3. The van der Waals surface area contributed by atoms with Crippen molar-refractivity contribution in [3.05, 3.63) is 41.7 Å². The molecule has 0 saturated carbocycles. The molecule has 0 spiro atoms. The fourth-order valence-electron chi connectivity index (χ4n) is 3.77. The SMILES string of the molecule is CC1(C)CN(C(=O)c2cn(CC(=O)N3CCCC3)nn2)Cc2ccccc2O1. The number of ether oxygens (including phenoxy) is 1. The van der Waals surface area contributed by atoms with Gasteiger partial charge >= 0.3 is 0 Å². The minimum Gasteiger partial charge on any atom is -0.486 e. The fraction of sp³-hybridized carbons (Fsp3) is 0.500. The third-order valence-corrected chi connectivity index (χ3v) is 5.09. The van der Waals surface area contributed by atoms with Gasteiger partial charge in [0, 0.05) is 25.2 Å². The van der Waals surface area contributed by atoms with E-state index in [0.29, 0.717) is 13.1 Å². The number of rotatable bonds is 3. The Morgan fingerprint density at radius 1 is 1.14 bits per heavy atom. The monoisotopic (exact) mass is 383 g/mol. The van der Waals surface area contributed by atoms with E-state index in [9.17, 15) is 9.59 Å². The molecule has 1 aromatic heterocycles. The Labute approximate surface area is 164 Å². The van der Waals surface area contributed by atoms with Crippen molar-refractivity contribution in [3.63, 3.8) is 0 Å². The number of nitrogens with zero attached hydrogens (tertiary/aromatic N) is 5. The number of hydrogen-bond acceptors (Lipinski definition) is 5. The molecule has 8 heteroatoms. The minimum absolute atomic E-state index is 0.0135. The summed E-state index contributed by atoms with van der Waals surface area (Å²) in [5.74, 6) is 0.593. The smallest absolute Gasteiger partial charge is 0.276 e. The molecule has 4 rings (SSSR count). The van der Waals surface area contributed by atoms with Crippen LogP contribution in [0.4, 0.5) is 0 Å². The number of benzene rings is 1. The van der Waals surface area contributed by atoms with E-state index in [-0.39, 0.29) is 24.1 Å². The second-order valence-electron chi connectivity index (χ2n) is 8.02. The van der Waals surface area contributed by atoms with Crippen molar-refractivity contribution < 1.29 is 14.3 Å². The Morgan fingerprint density at radius 3 is 2.68 bits per heavy atom. The van der Waals surface area contributed by atoms with Crippen molar-refractivity contribution in [1.82, 2.24) is 24.8 Å². The number of aromatic nitrogens is 3. The highest BCUT2D eigenvalue weighted by Gasteiger charge is 2.32. The molecule has 148 valence electrons. The highest BCUT2D eigenvalue weighted by molar-refractivity contribution is 5.92. The summed E-state index contributed by atoms with van der Waals surface area (Å²) in [6.07, 6.45) is 3.64. The molecule has 0 N–H and O–H groups in total. The molecule has 0 bridgehead atoms. The molecule has 2 aromatic rings. The van der Waals surface area contributed by atoms with E-state index in [1.807, 2.05) is 43.0 Å². The summed E-state index contributed by atoms with van der Waals surface area (Å²) in [7, 11) is 0. The lowest BCUT2D eigenvalue weighted by molar-refractivity contribution is -0.130. The number of para-hydroxylation sites is 1. The number of fused-ring (bicyclic) bond motifs is 1. The third kappa shape index (κ3) is 3.85. The van der Waals surface area contributed by atoms with Crippen molar-refractivity contribution in [2.45, 2.75) is 45.4 Å². The van der Waals surface area contributed by atoms with E-state index < -0.39 is 5.60 Å². The van der Waals surface area contributed by atoms with Crippen molar-refractivity contribution >= 4 is 11.8 Å². The van der Waals surface area contributed by atoms with Gasteiger partial charge in [0.1, 0.15) is 17.9 Å². The number of amides is 2. The van der Waals surface area contributed by atoms with Crippen molar-refractivity contribution in [1.29, 1.82) is 0 Å². The molecule has 2 aliphatic rings. The Hall–Kier alpha value is -2.90. The zero-order valence-corrected chi connectivity index (χ0v) is 16.3.